The normalized spacial score (nSPS) is 22.5. The smallest absolute Gasteiger partial charge is 0.236 e. The SMILES string of the molecule is O=C(CN1CCC(c2ccccc2)CC1)N1CCC[C@@H](c2ncc[nH]2)C1. The lowest BCUT2D eigenvalue weighted by atomic mass is 9.89. The van der Waals surface area contributed by atoms with E-state index < -0.39 is 0 Å². The van der Waals surface area contributed by atoms with Crippen LogP contribution in [0.5, 0.6) is 0 Å². The van der Waals surface area contributed by atoms with Crippen molar-refractivity contribution in [2.24, 2.45) is 0 Å². The molecule has 1 amide bonds. The Kier molecular flexibility index (Phi) is 5.34. The molecule has 0 spiro atoms. The van der Waals surface area contributed by atoms with E-state index in [0.29, 0.717) is 18.4 Å². The molecular formula is C21H28N4O. The quantitative estimate of drug-likeness (QED) is 0.920. The Morgan fingerprint density at radius 3 is 2.62 bits per heavy atom. The van der Waals surface area contributed by atoms with Crippen LogP contribution in [-0.2, 0) is 4.79 Å². The van der Waals surface area contributed by atoms with E-state index in [0.717, 1.165) is 57.7 Å². The standard InChI is InChI=1S/C21H28N4O/c26-20(25-12-4-7-19(15-25)21-22-10-11-23-21)16-24-13-8-18(9-14-24)17-5-2-1-3-6-17/h1-3,5-6,10-11,18-19H,4,7-9,12-16H2,(H,22,23)/t19-/m1/s1. The van der Waals surface area contributed by atoms with Gasteiger partial charge in [0.1, 0.15) is 5.82 Å². The van der Waals surface area contributed by atoms with Crippen molar-refractivity contribution >= 4 is 5.91 Å². The molecule has 5 heteroatoms. The minimum Gasteiger partial charge on any atom is -0.348 e. The summed E-state index contributed by atoms with van der Waals surface area (Å²) in [5.41, 5.74) is 1.44. The summed E-state index contributed by atoms with van der Waals surface area (Å²) >= 11 is 0. The molecule has 2 saturated heterocycles. The van der Waals surface area contributed by atoms with Crippen LogP contribution in [0.3, 0.4) is 0 Å². The van der Waals surface area contributed by atoms with Gasteiger partial charge in [-0.3, -0.25) is 9.69 Å². The summed E-state index contributed by atoms with van der Waals surface area (Å²) < 4.78 is 0. The maximum atomic E-state index is 12.8. The van der Waals surface area contributed by atoms with E-state index >= 15 is 0 Å². The summed E-state index contributed by atoms with van der Waals surface area (Å²) in [6.07, 6.45) is 8.13. The molecule has 1 atom stereocenters. The molecule has 3 heterocycles. The average molecular weight is 352 g/mol. The summed E-state index contributed by atoms with van der Waals surface area (Å²) in [5.74, 6) is 2.29. The van der Waals surface area contributed by atoms with E-state index in [1.54, 1.807) is 6.20 Å². The molecule has 1 aromatic heterocycles. The van der Waals surface area contributed by atoms with Gasteiger partial charge in [0.25, 0.3) is 0 Å². The predicted molar refractivity (Wildman–Crippen MR) is 102 cm³/mol. The van der Waals surface area contributed by atoms with E-state index in [-0.39, 0.29) is 5.91 Å². The van der Waals surface area contributed by atoms with Crippen molar-refractivity contribution in [1.29, 1.82) is 0 Å². The molecule has 2 aliphatic heterocycles. The van der Waals surface area contributed by atoms with Gasteiger partial charge in [0.2, 0.25) is 5.91 Å². The Balaban J connectivity index is 1.27. The number of rotatable bonds is 4. The Hall–Kier alpha value is -2.14. The maximum Gasteiger partial charge on any atom is 0.236 e. The number of nitrogens with zero attached hydrogens (tertiary/aromatic N) is 3. The number of carbonyl (C=O) groups is 1. The molecule has 2 aliphatic rings. The highest BCUT2D eigenvalue weighted by Crippen LogP contribution is 2.28. The van der Waals surface area contributed by atoms with Gasteiger partial charge < -0.3 is 9.88 Å². The van der Waals surface area contributed by atoms with Crippen LogP contribution in [0.4, 0.5) is 0 Å². The highest BCUT2D eigenvalue weighted by molar-refractivity contribution is 5.78. The van der Waals surface area contributed by atoms with Crippen molar-refractivity contribution in [3.63, 3.8) is 0 Å². The van der Waals surface area contributed by atoms with E-state index in [1.807, 2.05) is 11.1 Å². The molecule has 0 unspecified atom stereocenters. The number of amides is 1. The van der Waals surface area contributed by atoms with Gasteiger partial charge in [-0.25, -0.2) is 4.98 Å². The second-order valence-corrected chi connectivity index (χ2v) is 7.61. The van der Waals surface area contributed by atoms with Crippen molar-refractivity contribution in [3.05, 3.63) is 54.1 Å². The van der Waals surface area contributed by atoms with E-state index in [4.69, 9.17) is 0 Å². The largest absolute Gasteiger partial charge is 0.348 e. The summed E-state index contributed by atoms with van der Waals surface area (Å²) in [7, 11) is 0. The Bertz CT molecular complexity index is 692. The third kappa shape index (κ3) is 3.98. The number of hydrogen-bond donors (Lipinski definition) is 1. The molecule has 4 rings (SSSR count). The van der Waals surface area contributed by atoms with E-state index in [1.165, 1.54) is 5.56 Å². The van der Waals surface area contributed by atoms with Crippen LogP contribution in [0.15, 0.2) is 42.7 Å². The lowest BCUT2D eigenvalue weighted by Crippen LogP contribution is -2.46. The van der Waals surface area contributed by atoms with Gasteiger partial charge >= 0.3 is 0 Å². The number of benzene rings is 1. The zero-order valence-electron chi connectivity index (χ0n) is 15.3. The van der Waals surface area contributed by atoms with Crippen LogP contribution >= 0.6 is 0 Å². The number of carbonyl (C=O) groups excluding carboxylic acids is 1. The number of aromatic nitrogens is 2. The van der Waals surface area contributed by atoms with Crippen LogP contribution in [0.2, 0.25) is 0 Å². The summed E-state index contributed by atoms with van der Waals surface area (Å²) in [6.45, 7) is 4.28. The lowest BCUT2D eigenvalue weighted by Gasteiger charge is -2.36. The molecule has 2 fully saturated rings. The molecule has 26 heavy (non-hydrogen) atoms. The zero-order chi connectivity index (χ0) is 17.8. The Labute approximate surface area is 155 Å². The molecule has 1 N–H and O–H groups in total. The number of imidazole rings is 1. The molecule has 0 aliphatic carbocycles. The molecule has 138 valence electrons. The van der Waals surface area contributed by atoms with Crippen LogP contribution in [0.1, 0.15) is 48.9 Å². The first-order valence-corrected chi connectivity index (χ1v) is 9.84. The molecule has 5 nitrogen and oxygen atoms in total. The molecule has 0 saturated carbocycles. The monoisotopic (exact) mass is 352 g/mol. The maximum absolute atomic E-state index is 12.8. The lowest BCUT2D eigenvalue weighted by molar-refractivity contribution is -0.134. The van der Waals surface area contributed by atoms with Crippen molar-refractivity contribution < 1.29 is 4.79 Å². The minimum absolute atomic E-state index is 0.277. The van der Waals surface area contributed by atoms with E-state index in [2.05, 4.69) is 45.2 Å². The third-order valence-corrected chi connectivity index (χ3v) is 5.90. The molecule has 0 radical (unpaired) electrons. The van der Waals surface area contributed by atoms with Gasteiger partial charge in [-0.05, 0) is 50.3 Å². The molecule has 2 aromatic rings. The summed E-state index contributed by atoms with van der Waals surface area (Å²) in [6, 6.07) is 10.8. The van der Waals surface area contributed by atoms with Crippen molar-refractivity contribution in [3.8, 4) is 0 Å². The van der Waals surface area contributed by atoms with Gasteiger partial charge in [0.15, 0.2) is 0 Å². The third-order valence-electron chi connectivity index (χ3n) is 5.90. The number of hydrogen-bond acceptors (Lipinski definition) is 3. The fourth-order valence-corrected chi connectivity index (χ4v) is 4.37. The van der Waals surface area contributed by atoms with Crippen LogP contribution in [0.25, 0.3) is 0 Å². The number of nitrogens with one attached hydrogen (secondary N) is 1. The van der Waals surface area contributed by atoms with Crippen LogP contribution in [-0.4, -0.2) is 58.4 Å². The second-order valence-electron chi connectivity index (χ2n) is 7.61. The number of aromatic amines is 1. The number of H-pyrrole nitrogens is 1. The van der Waals surface area contributed by atoms with Gasteiger partial charge in [0.05, 0.1) is 6.54 Å². The topological polar surface area (TPSA) is 52.2 Å². The van der Waals surface area contributed by atoms with Gasteiger partial charge in [-0.15, -0.1) is 0 Å². The predicted octanol–water partition coefficient (Wildman–Crippen LogP) is 3.00. The second kappa shape index (κ2) is 8.04. The van der Waals surface area contributed by atoms with Crippen molar-refractivity contribution in [2.45, 2.75) is 37.5 Å². The Morgan fingerprint density at radius 1 is 1.08 bits per heavy atom. The molecule has 0 bridgehead atoms. The fourth-order valence-electron chi connectivity index (χ4n) is 4.37. The van der Waals surface area contributed by atoms with Crippen LogP contribution < -0.4 is 0 Å². The summed E-state index contributed by atoms with van der Waals surface area (Å²) in [5, 5.41) is 0. The van der Waals surface area contributed by atoms with Crippen molar-refractivity contribution in [2.75, 3.05) is 32.7 Å². The zero-order valence-corrected chi connectivity index (χ0v) is 15.3. The molecule has 1 aromatic carbocycles. The number of likely N-dealkylation sites (tertiary alicyclic amines) is 2. The number of piperidine rings is 2. The first-order valence-electron chi connectivity index (χ1n) is 9.84. The highest BCUT2D eigenvalue weighted by Gasteiger charge is 2.28. The van der Waals surface area contributed by atoms with Gasteiger partial charge in [0, 0.05) is 31.4 Å². The van der Waals surface area contributed by atoms with Gasteiger partial charge in [-0.2, -0.15) is 0 Å². The van der Waals surface area contributed by atoms with E-state index in [9.17, 15) is 4.79 Å². The van der Waals surface area contributed by atoms with Crippen molar-refractivity contribution in [1.82, 2.24) is 19.8 Å². The first kappa shape index (κ1) is 17.3. The highest BCUT2D eigenvalue weighted by atomic mass is 16.2. The average Bonchev–Trinajstić information content (AvgIpc) is 3.24. The Morgan fingerprint density at radius 2 is 1.88 bits per heavy atom. The fraction of sp³-hybridized carbons (Fsp3) is 0.524. The summed E-state index contributed by atoms with van der Waals surface area (Å²) in [4.78, 5) is 24.8. The first-order chi connectivity index (χ1) is 12.8. The van der Waals surface area contributed by atoms with Crippen LogP contribution in [0, 0.1) is 0 Å². The van der Waals surface area contributed by atoms with Gasteiger partial charge in [-0.1, -0.05) is 30.3 Å². The minimum atomic E-state index is 0.277. The molecular weight excluding hydrogens is 324 g/mol.